The van der Waals surface area contributed by atoms with Crippen LogP contribution in [0.3, 0.4) is 0 Å². The van der Waals surface area contributed by atoms with Crippen molar-refractivity contribution in [2.24, 2.45) is 0 Å². The van der Waals surface area contributed by atoms with E-state index in [1.54, 1.807) is 0 Å². The van der Waals surface area contributed by atoms with Crippen LogP contribution in [0.15, 0.2) is 0 Å². The molecule has 0 saturated carbocycles. The molecule has 0 aromatic heterocycles. The third-order valence-corrected chi connectivity index (χ3v) is 17.4. The van der Waals surface area contributed by atoms with Gasteiger partial charge in [0.2, 0.25) is 5.91 Å². The molecule has 0 aliphatic heterocycles. The predicted octanol–water partition coefficient (Wildman–Crippen LogP) is 23.4. The summed E-state index contributed by atoms with van der Waals surface area (Å²) >= 11 is 0. The van der Waals surface area contributed by atoms with Crippen molar-refractivity contribution < 1.29 is 24.5 Å². The Morgan fingerprint density at radius 1 is 0.308 bits per heavy atom. The van der Waals surface area contributed by atoms with Crippen LogP contribution in [0.1, 0.15) is 425 Å². The van der Waals surface area contributed by atoms with Gasteiger partial charge in [0.15, 0.2) is 0 Å². The molecule has 2 unspecified atom stereocenters. The van der Waals surface area contributed by atoms with Gasteiger partial charge in [-0.05, 0) is 25.7 Å². The van der Waals surface area contributed by atoms with Gasteiger partial charge in [-0.2, -0.15) is 0 Å². The van der Waals surface area contributed by atoms with E-state index in [2.05, 4.69) is 19.2 Å². The molecule has 6 heteroatoms. The molecular weight excluding hydrogens is 959 g/mol. The van der Waals surface area contributed by atoms with Crippen molar-refractivity contribution in [3.63, 3.8) is 0 Å². The van der Waals surface area contributed by atoms with E-state index in [-0.39, 0.29) is 18.5 Å². The lowest BCUT2D eigenvalue weighted by molar-refractivity contribution is -0.143. The van der Waals surface area contributed by atoms with Gasteiger partial charge < -0.3 is 20.3 Å². The topological polar surface area (TPSA) is 95.9 Å². The maximum atomic E-state index is 12.5. The van der Waals surface area contributed by atoms with Crippen molar-refractivity contribution in [2.75, 3.05) is 13.2 Å². The molecular formula is C72H143NO5. The number of aliphatic hydroxyl groups is 2. The Balaban J connectivity index is 3.27. The number of carbonyl (C=O) groups excluding carboxylic acids is 2. The van der Waals surface area contributed by atoms with Gasteiger partial charge in [0.25, 0.3) is 0 Å². The van der Waals surface area contributed by atoms with Gasteiger partial charge in [-0.25, -0.2) is 0 Å². The monoisotopic (exact) mass is 1100 g/mol. The van der Waals surface area contributed by atoms with Crippen LogP contribution >= 0.6 is 0 Å². The average molecular weight is 1100 g/mol. The van der Waals surface area contributed by atoms with E-state index in [4.69, 9.17) is 4.74 Å². The summed E-state index contributed by atoms with van der Waals surface area (Å²) in [5.41, 5.74) is 0. The highest BCUT2D eigenvalue weighted by Crippen LogP contribution is 2.20. The molecule has 0 heterocycles. The lowest BCUT2D eigenvalue weighted by Gasteiger charge is -2.22. The van der Waals surface area contributed by atoms with Gasteiger partial charge in [-0.15, -0.1) is 0 Å². The minimum absolute atomic E-state index is 0.0250. The molecule has 78 heavy (non-hydrogen) atoms. The zero-order valence-electron chi connectivity index (χ0n) is 53.4. The van der Waals surface area contributed by atoms with Crippen molar-refractivity contribution in [3.8, 4) is 0 Å². The van der Waals surface area contributed by atoms with Crippen LogP contribution < -0.4 is 5.32 Å². The Bertz CT molecular complexity index is 1130. The first-order valence-electron chi connectivity index (χ1n) is 36.3. The van der Waals surface area contributed by atoms with Gasteiger partial charge in [-0.1, -0.05) is 386 Å². The van der Waals surface area contributed by atoms with Crippen LogP contribution in [0.2, 0.25) is 0 Å². The summed E-state index contributed by atoms with van der Waals surface area (Å²) in [7, 11) is 0. The number of rotatable bonds is 69. The Hall–Kier alpha value is -1.14. The molecule has 0 aromatic rings. The number of unbranched alkanes of at least 4 members (excludes halogenated alkanes) is 58. The molecule has 0 saturated heterocycles. The summed E-state index contributed by atoms with van der Waals surface area (Å²) in [5, 5.41) is 23.3. The fourth-order valence-electron chi connectivity index (χ4n) is 11.9. The van der Waals surface area contributed by atoms with E-state index in [9.17, 15) is 19.8 Å². The van der Waals surface area contributed by atoms with Crippen molar-refractivity contribution in [2.45, 2.75) is 437 Å². The smallest absolute Gasteiger partial charge is 0.305 e. The molecule has 0 aromatic carbocycles. The van der Waals surface area contributed by atoms with E-state index < -0.39 is 12.1 Å². The molecule has 0 aliphatic rings. The molecule has 6 nitrogen and oxygen atoms in total. The summed E-state index contributed by atoms with van der Waals surface area (Å²) in [6.45, 7) is 4.99. The highest BCUT2D eigenvalue weighted by atomic mass is 16.5. The predicted molar refractivity (Wildman–Crippen MR) is 343 cm³/mol. The van der Waals surface area contributed by atoms with Gasteiger partial charge in [-0.3, -0.25) is 9.59 Å². The summed E-state index contributed by atoms with van der Waals surface area (Å²) in [4.78, 5) is 24.5. The van der Waals surface area contributed by atoms with E-state index in [0.29, 0.717) is 25.9 Å². The maximum absolute atomic E-state index is 12.5. The van der Waals surface area contributed by atoms with E-state index >= 15 is 0 Å². The average Bonchev–Trinajstić information content (AvgIpc) is 3.44. The molecule has 0 rings (SSSR count). The normalized spacial score (nSPS) is 12.4. The Kier molecular flexibility index (Phi) is 67.4. The van der Waals surface area contributed by atoms with Gasteiger partial charge in [0, 0.05) is 12.8 Å². The molecule has 0 aliphatic carbocycles. The van der Waals surface area contributed by atoms with E-state index in [1.807, 2.05) is 0 Å². The van der Waals surface area contributed by atoms with Crippen LogP contribution in [-0.2, 0) is 14.3 Å². The van der Waals surface area contributed by atoms with Crippen LogP contribution in [-0.4, -0.2) is 47.4 Å². The largest absolute Gasteiger partial charge is 0.466 e. The number of hydrogen-bond donors (Lipinski definition) is 3. The second-order valence-corrected chi connectivity index (χ2v) is 25.3. The lowest BCUT2D eigenvalue weighted by Crippen LogP contribution is -2.45. The molecule has 0 radical (unpaired) electrons. The van der Waals surface area contributed by atoms with E-state index in [1.165, 1.54) is 353 Å². The maximum Gasteiger partial charge on any atom is 0.305 e. The number of amides is 1. The van der Waals surface area contributed by atoms with Crippen LogP contribution in [0.4, 0.5) is 0 Å². The molecule has 0 fully saturated rings. The number of aliphatic hydroxyl groups excluding tert-OH is 2. The zero-order valence-corrected chi connectivity index (χ0v) is 53.4. The number of carbonyl (C=O) groups is 2. The van der Waals surface area contributed by atoms with Crippen LogP contribution in [0, 0.1) is 0 Å². The fourth-order valence-corrected chi connectivity index (χ4v) is 11.9. The summed E-state index contributed by atoms with van der Waals surface area (Å²) in [6, 6.07) is -0.534. The SMILES string of the molecule is CCCCCCCCCCCCCCC(=O)OCCCCCCCCCCCCCCCCCCCCCCCCCCCCCCCCCCCCCCCC(=O)NC(CO)C(O)CCCCCCCCCCCCCC. The zero-order chi connectivity index (χ0) is 56.4. The second-order valence-electron chi connectivity index (χ2n) is 25.3. The van der Waals surface area contributed by atoms with Crippen LogP contribution in [0.5, 0.6) is 0 Å². The Morgan fingerprint density at radius 3 is 0.782 bits per heavy atom. The fraction of sp³-hybridized carbons (Fsp3) is 0.972. The highest BCUT2D eigenvalue weighted by Gasteiger charge is 2.20. The van der Waals surface area contributed by atoms with Crippen molar-refractivity contribution >= 4 is 11.9 Å². The number of nitrogens with one attached hydrogen (secondary N) is 1. The van der Waals surface area contributed by atoms with Gasteiger partial charge >= 0.3 is 5.97 Å². The first kappa shape index (κ1) is 76.9. The third-order valence-electron chi connectivity index (χ3n) is 17.4. The lowest BCUT2D eigenvalue weighted by atomic mass is 10.0. The highest BCUT2D eigenvalue weighted by molar-refractivity contribution is 5.76. The van der Waals surface area contributed by atoms with Crippen molar-refractivity contribution in [1.29, 1.82) is 0 Å². The summed E-state index contributed by atoms with van der Waals surface area (Å²) < 4.78 is 5.49. The molecule has 1 amide bonds. The number of esters is 1. The first-order chi connectivity index (χ1) is 38.5. The van der Waals surface area contributed by atoms with Crippen molar-refractivity contribution in [1.82, 2.24) is 5.32 Å². The Morgan fingerprint density at radius 2 is 0.526 bits per heavy atom. The number of hydrogen-bond acceptors (Lipinski definition) is 5. The third kappa shape index (κ3) is 64.0. The quantitative estimate of drug-likeness (QED) is 0.0417. The van der Waals surface area contributed by atoms with Crippen molar-refractivity contribution in [3.05, 3.63) is 0 Å². The summed E-state index contributed by atoms with van der Waals surface area (Å²) in [5.74, 6) is -0.00180. The van der Waals surface area contributed by atoms with E-state index in [0.717, 1.165) is 38.5 Å². The standard InChI is InChI=1S/C72H143NO5/c1-3-5-7-9-11-13-15-44-48-52-56-60-64-70(75)69(68-74)73-71(76)65-61-57-53-49-45-42-40-38-36-34-32-30-28-26-24-22-20-18-17-19-21-23-25-27-29-31-33-35-37-39-41-43-47-51-55-59-63-67-78-72(77)66-62-58-54-50-46-16-14-12-10-8-6-4-2/h69-70,74-75H,3-68H2,1-2H3,(H,73,76). The second kappa shape index (κ2) is 68.4. The number of ether oxygens (including phenoxy) is 1. The minimum atomic E-state index is -0.658. The minimum Gasteiger partial charge on any atom is -0.466 e. The molecule has 0 spiro atoms. The Labute approximate surface area is 489 Å². The first-order valence-corrected chi connectivity index (χ1v) is 36.3. The van der Waals surface area contributed by atoms with Gasteiger partial charge in [0.1, 0.15) is 0 Å². The van der Waals surface area contributed by atoms with Crippen LogP contribution in [0.25, 0.3) is 0 Å². The summed E-state index contributed by atoms with van der Waals surface area (Å²) in [6.07, 6.45) is 83.3. The molecule has 466 valence electrons. The molecule has 2 atom stereocenters. The molecule has 0 bridgehead atoms. The van der Waals surface area contributed by atoms with Gasteiger partial charge in [0.05, 0.1) is 25.4 Å². The molecule has 3 N–H and O–H groups in total.